The molecule has 1 unspecified atom stereocenters. The Kier molecular flexibility index (Phi) is 2.13. The molecule has 2 fully saturated rings. The Labute approximate surface area is 89.9 Å². The van der Waals surface area contributed by atoms with Crippen molar-refractivity contribution in [2.24, 2.45) is 11.8 Å². The van der Waals surface area contributed by atoms with Crippen LogP contribution in [0, 0.1) is 18.8 Å². The number of ether oxygens (including phenoxy) is 1. The summed E-state index contributed by atoms with van der Waals surface area (Å²) in [5.74, 6) is 2.18. The van der Waals surface area contributed by atoms with Gasteiger partial charge in [-0.05, 0) is 18.9 Å². The first-order chi connectivity index (χ1) is 7.33. The largest absolute Gasteiger partial charge is 0.474 e. The molecule has 1 aliphatic carbocycles. The van der Waals surface area contributed by atoms with Crippen LogP contribution in [-0.4, -0.2) is 24.2 Å². The van der Waals surface area contributed by atoms with Crippen molar-refractivity contribution in [1.29, 1.82) is 0 Å². The molecule has 1 aromatic heterocycles. The minimum absolute atomic E-state index is 0.404. The highest BCUT2D eigenvalue weighted by molar-refractivity contribution is 5.17. The summed E-state index contributed by atoms with van der Waals surface area (Å²) >= 11 is 0. The molecule has 1 aliphatic heterocycles. The molecule has 1 N–H and O–H groups in total. The Bertz CT molecular complexity index is 335. The van der Waals surface area contributed by atoms with Gasteiger partial charge in [-0.15, -0.1) is 0 Å². The van der Waals surface area contributed by atoms with Crippen LogP contribution in [0.1, 0.15) is 12.0 Å². The lowest BCUT2D eigenvalue weighted by atomic mass is 9.69. The van der Waals surface area contributed by atoms with Crippen molar-refractivity contribution in [2.75, 3.05) is 13.1 Å². The highest BCUT2D eigenvalue weighted by Crippen LogP contribution is 2.39. The molecule has 15 heavy (non-hydrogen) atoms. The van der Waals surface area contributed by atoms with Gasteiger partial charge in [-0.1, -0.05) is 6.07 Å². The van der Waals surface area contributed by atoms with Crippen LogP contribution in [0.3, 0.4) is 0 Å². The molecule has 2 bridgehead atoms. The number of fused-ring (bicyclic) bond motifs is 2. The minimum Gasteiger partial charge on any atom is -0.474 e. The van der Waals surface area contributed by atoms with E-state index in [1.165, 1.54) is 12.0 Å². The van der Waals surface area contributed by atoms with Gasteiger partial charge in [-0.2, -0.15) is 0 Å². The first-order valence-electron chi connectivity index (χ1n) is 5.63. The van der Waals surface area contributed by atoms with Crippen LogP contribution < -0.4 is 10.1 Å². The predicted octanol–water partition coefficient (Wildman–Crippen LogP) is 1.38. The lowest BCUT2D eigenvalue weighted by Crippen LogP contribution is -2.59. The van der Waals surface area contributed by atoms with Crippen molar-refractivity contribution in [2.45, 2.75) is 19.4 Å². The van der Waals surface area contributed by atoms with Crippen LogP contribution in [0.2, 0.25) is 0 Å². The zero-order chi connectivity index (χ0) is 10.3. The van der Waals surface area contributed by atoms with Crippen LogP contribution >= 0.6 is 0 Å². The molecule has 3 nitrogen and oxygen atoms in total. The third-order valence-electron chi connectivity index (χ3n) is 3.49. The lowest BCUT2D eigenvalue weighted by molar-refractivity contribution is -0.0470. The van der Waals surface area contributed by atoms with Gasteiger partial charge in [0.25, 0.3) is 0 Å². The SMILES string of the molecule is Cc1ccc(OC2[C@@H]3CNC[C@H]2C3)nc1. The van der Waals surface area contributed by atoms with E-state index in [0.29, 0.717) is 17.9 Å². The molecule has 80 valence electrons. The maximum absolute atomic E-state index is 5.92. The average molecular weight is 204 g/mol. The molecule has 1 aromatic rings. The van der Waals surface area contributed by atoms with E-state index in [0.717, 1.165) is 19.0 Å². The van der Waals surface area contributed by atoms with Crippen molar-refractivity contribution in [3.63, 3.8) is 0 Å². The van der Waals surface area contributed by atoms with Crippen molar-refractivity contribution in [3.8, 4) is 5.88 Å². The number of aromatic nitrogens is 1. The minimum atomic E-state index is 0.404. The monoisotopic (exact) mass is 204 g/mol. The molecule has 1 saturated heterocycles. The highest BCUT2D eigenvalue weighted by Gasteiger charge is 2.45. The van der Waals surface area contributed by atoms with E-state index in [-0.39, 0.29) is 0 Å². The van der Waals surface area contributed by atoms with Crippen LogP contribution in [0.15, 0.2) is 18.3 Å². The molecule has 3 rings (SSSR count). The van der Waals surface area contributed by atoms with Crippen LogP contribution in [0.25, 0.3) is 0 Å². The second kappa shape index (κ2) is 3.49. The summed E-state index contributed by atoms with van der Waals surface area (Å²) in [7, 11) is 0. The standard InChI is InChI=1S/C12H16N2O/c1-8-2-3-11(14-5-8)15-12-9-4-10(12)7-13-6-9/h2-3,5,9-10,12-13H,4,6-7H2,1H3/t9-,10+,12?. The number of piperidine rings is 2. The van der Waals surface area contributed by atoms with Gasteiger partial charge in [0.05, 0.1) is 0 Å². The van der Waals surface area contributed by atoms with Crippen LogP contribution in [-0.2, 0) is 0 Å². The van der Waals surface area contributed by atoms with Crippen molar-refractivity contribution < 1.29 is 4.74 Å². The van der Waals surface area contributed by atoms with Gasteiger partial charge in [0.2, 0.25) is 5.88 Å². The van der Waals surface area contributed by atoms with E-state index < -0.39 is 0 Å². The van der Waals surface area contributed by atoms with Crippen LogP contribution in [0.5, 0.6) is 5.88 Å². The predicted molar refractivity (Wildman–Crippen MR) is 57.9 cm³/mol. The van der Waals surface area contributed by atoms with E-state index in [1.54, 1.807) is 0 Å². The lowest BCUT2D eigenvalue weighted by Gasteiger charge is -2.48. The number of pyridine rings is 1. The highest BCUT2D eigenvalue weighted by atomic mass is 16.5. The number of hydrogen-bond donors (Lipinski definition) is 1. The summed E-state index contributed by atoms with van der Waals surface area (Å²) in [6.45, 7) is 4.25. The van der Waals surface area contributed by atoms with Crippen molar-refractivity contribution >= 4 is 0 Å². The molecular formula is C12H16N2O. The van der Waals surface area contributed by atoms with Crippen molar-refractivity contribution in [3.05, 3.63) is 23.9 Å². The molecule has 0 radical (unpaired) electrons. The summed E-state index contributed by atoms with van der Waals surface area (Å²) in [5, 5.41) is 3.41. The molecule has 2 aliphatic rings. The van der Waals surface area contributed by atoms with Gasteiger partial charge in [0.1, 0.15) is 6.10 Å². The first-order valence-corrected chi connectivity index (χ1v) is 5.63. The molecule has 0 aromatic carbocycles. The first kappa shape index (κ1) is 9.16. The topological polar surface area (TPSA) is 34.1 Å². The fraction of sp³-hybridized carbons (Fsp3) is 0.583. The third-order valence-corrected chi connectivity index (χ3v) is 3.49. The summed E-state index contributed by atoms with van der Waals surface area (Å²) in [5.41, 5.74) is 1.18. The quantitative estimate of drug-likeness (QED) is 0.790. The molecule has 0 amide bonds. The third kappa shape index (κ3) is 1.61. The number of aryl methyl sites for hydroxylation is 1. The zero-order valence-corrected chi connectivity index (χ0v) is 8.94. The molecule has 1 saturated carbocycles. The maximum atomic E-state index is 5.92. The Morgan fingerprint density at radius 2 is 2.13 bits per heavy atom. The number of nitrogens with one attached hydrogen (secondary N) is 1. The summed E-state index contributed by atoms with van der Waals surface area (Å²) < 4.78 is 5.92. The van der Waals surface area contributed by atoms with E-state index in [1.807, 2.05) is 19.2 Å². The van der Waals surface area contributed by atoms with E-state index >= 15 is 0 Å². The molecular weight excluding hydrogens is 188 g/mol. The Hall–Kier alpha value is -1.09. The summed E-state index contributed by atoms with van der Waals surface area (Å²) in [6, 6.07) is 4.02. The number of hydrogen-bond acceptors (Lipinski definition) is 3. The Balaban J connectivity index is 1.68. The molecule has 3 heteroatoms. The smallest absolute Gasteiger partial charge is 0.213 e. The maximum Gasteiger partial charge on any atom is 0.213 e. The summed E-state index contributed by atoms with van der Waals surface area (Å²) in [4.78, 5) is 4.28. The fourth-order valence-corrected chi connectivity index (χ4v) is 2.56. The molecule has 2 heterocycles. The average Bonchev–Trinajstić information content (AvgIpc) is 2.29. The van der Waals surface area contributed by atoms with Gasteiger partial charge in [-0.25, -0.2) is 4.98 Å². The number of rotatable bonds is 2. The van der Waals surface area contributed by atoms with Gasteiger partial charge in [-0.3, -0.25) is 0 Å². The van der Waals surface area contributed by atoms with Gasteiger partial charge < -0.3 is 10.1 Å². The van der Waals surface area contributed by atoms with Gasteiger partial charge in [0.15, 0.2) is 0 Å². The normalized spacial score (nSPS) is 33.3. The second-order valence-electron chi connectivity index (χ2n) is 4.67. The molecule has 0 spiro atoms. The van der Waals surface area contributed by atoms with E-state index in [9.17, 15) is 0 Å². The van der Waals surface area contributed by atoms with Gasteiger partial charge in [0, 0.05) is 37.2 Å². The fourth-order valence-electron chi connectivity index (χ4n) is 2.56. The Morgan fingerprint density at radius 3 is 2.73 bits per heavy atom. The van der Waals surface area contributed by atoms with E-state index in [4.69, 9.17) is 4.74 Å². The van der Waals surface area contributed by atoms with Crippen LogP contribution in [0.4, 0.5) is 0 Å². The second-order valence-corrected chi connectivity index (χ2v) is 4.67. The zero-order valence-electron chi connectivity index (χ0n) is 8.94. The Morgan fingerprint density at radius 1 is 1.33 bits per heavy atom. The summed E-state index contributed by atoms with van der Waals surface area (Å²) in [6.07, 6.45) is 3.59. The number of nitrogens with zero attached hydrogens (tertiary/aromatic N) is 1. The van der Waals surface area contributed by atoms with E-state index in [2.05, 4.69) is 16.4 Å². The van der Waals surface area contributed by atoms with Gasteiger partial charge >= 0.3 is 0 Å². The van der Waals surface area contributed by atoms with Crippen molar-refractivity contribution in [1.82, 2.24) is 10.3 Å². The molecule has 3 atom stereocenters.